The first-order valence-electron chi connectivity index (χ1n) is 16.5. The Balaban J connectivity index is 1.26. The van der Waals surface area contributed by atoms with Crippen molar-refractivity contribution in [3.8, 4) is 33.4 Å². The number of hydrogen-bond acceptors (Lipinski definition) is 0. The summed E-state index contributed by atoms with van der Waals surface area (Å²) in [5, 5.41) is 0.757. The van der Waals surface area contributed by atoms with Crippen LogP contribution in [0.3, 0.4) is 0 Å². The second-order valence-corrected chi connectivity index (χ2v) is 15.0. The van der Waals surface area contributed by atoms with E-state index < -0.39 is 5.41 Å². The first kappa shape index (κ1) is 29.0. The number of hydrogen-bond donors (Lipinski definition) is 0. The minimum atomic E-state index is -0.474. The molecule has 2 aliphatic rings. The van der Waals surface area contributed by atoms with Crippen molar-refractivity contribution in [3.63, 3.8) is 0 Å². The lowest BCUT2D eigenvalue weighted by atomic mass is 9.63. The number of halogens is 1. The molecule has 2 aliphatic carbocycles. The van der Waals surface area contributed by atoms with E-state index >= 15 is 0 Å². The van der Waals surface area contributed by atoms with Crippen molar-refractivity contribution in [1.29, 1.82) is 0 Å². The molecule has 0 aromatic heterocycles. The highest BCUT2D eigenvalue weighted by molar-refractivity contribution is 6.30. The number of fused-ring (bicyclic) bond motifs is 4. The Kier molecular flexibility index (Phi) is 6.68. The molecule has 6 aromatic rings. The van der Waals surface area contributed by atoms with Crippen LogP contribution in [0.25, 0.3) is 33.4 Å². The van der Waals surface area contributed by atoms with Crippen LogP contribution in [0, 0.1) is 0 Å². The van der Waals surface area contributed by atoms with E-state index in [9.17, 15) is 0 Å². The molecule has 46 heavy (non-hydrogen) atoms. The molecule has 0 saturated heterocycles. The molecule has 8 rings (SSSR count). The van der Waals surface area contributed by atoms with Crippen LogP contribution in [0.1, 0.15) is 73.9 Å². The number of rotatable bonds is 4. The van der Waals surface area contributed by atoms with Crippen LogP contribution in [0.5, 0.6) is 0 Å². The molecule has 226 valence electrons. The van der Waals surface area contributed by atoms with Gasteiger partial charge in [0.25, 0.3) is 0 Å². The molecule has 0 radical (unpaired) electrons. The molecule has 0 amide bonds. The zero-order valence-electron chi connectivity index (χ0n) is 27.1. The van der Waals surface area contributed by atoms with E-state index in [2.05, 4.69) is 161 Å². The largest absolute Gasteiger partial charge is 0.0843 e. The van der Waals surface area contributed by atoms with Gasteiger partial charge in [0.05, 0.1) is 5.41 Å². The zero-order valence-corrected chi connectivity index (χ0v) is 27.8. The molecule has 0 N–H and O–H groups in total. The van der Waals surface area contributed by atoms with E-state index in [0.717, 1.165) is 5.02 Å². The van der Waals surface area contributed by atoms with Crippen molar-refractivity contribution in [2.45, 2.75) is 56.8 Å². The molecule has 0 bridgehead atoms. The van der Waals surface area contributed by atoms with Gasteiger partial charge in [0.15, 0.2) is 0 Å². The standard InChI is InChI=1S/C45H39Cl/c1-43(2)25-26-44(3,4)42-28-33(20-24-39(42)43)31-17-15-30(16-18-31)32-19-22-37-38-23-21-36(46)29-41(38)45(40(37)27-32,34-11-7-5-8-12-34)35-13-9-6-10-14-35/h5-24,27-29H,25-26H2,1-4H3. The second kappa shape index (κ2) is 10.6. The average molecular weight is 615 g/mol. The van der Waals surface area contributed by atoms with E-state index in [1.54, 1.807) is 0 Å². The van der Waals surface area contributed by atoms with Gasteiger partial charge in [0.2, 0.25) is 0 Å². The van der Waals surface area contributed by atoms with E-state index in [1.165, 1.54) is 79.6 Å². The van der Waals surface area contributed by atoms with Gasteiger partial charge in [0.1, 0.15) is 0 Å². The van der Waals surface area contributed by atoms with E-state index in [-0.39, 0.29) is 10.8 Å². The van der Waals surface area contributed by atoms with Crippen LogP contribution in [0.2, 0.25) is 5.02 Å². The van der Waals surface area contributed by atoms with Gasteiger partial charge < -0.3 is 0 Å². The van der Waals surface area contributed by atoms with Crippen LogP contribution in [0.4, 0.5) is 0 Å². The second-order valence-electron chi connectivity index (χ2n) is 14.5. The predicted molar refractivity (Wildman–Crippen MR) is 195 cm³/mol. The fraction of sp³-hybridized carbons (Fsp3) is 0.200. The summed E-state index contributed by atoms with van der Waals surface area (Å²) >= 11 is 6.73. The van der Waals surface area contributed by atoms with Crippen molar-refractivity contribution >= 4 is 11.6 Å². The Morgan fingerprint density at radius 2 is 0.848 bits per heavy atom. The summed E-state index contributed by atoms with van der Waals surface area (Å²) < 4.78 is 0. The van der Waals surface area contributed by atoms with Gasteiger partial charge in [-0.2, -0.15) is 0 Å². The maximum absolute atomic E-state index is 6.73. The molecule has 0 fully saturated rings. The quantitative estimate of drug-likeness (QED) is 0.185. The summed E-state index contributed by atoms with van der Waals surface area (Å²) in [6.45, 7) is 9.59. The minimum Gasteiger partial charge on any atom is -0.0843 e. The van der Waals surface area contributed by atoms with Crippen molar-refractivity contribution < 1.29 is 0 Å². The molecule has 0 unspecified atom stereocenters. The van der Waals surface area contributed by atoms with Crippen LogP contribution >= 0.6 is 11.6 Å². The molecule has 1 heteroatoms. The first-order chi connectivity index (χ1) is 22.2. The van der Waals surface area contributed by atoms with Crippen molar-refractivity contribution in [1.82, 2.24) is 0 Å². The fourth-order valence-corrected chi connectivity index (χ4v) is 8.44. The van der Waals surface area contributed by atoms with Crippen LogP contribution in [0.15, 0.2) is 140 Å². The maximum Gasteiger partial charge on any atom is 0.0714 e. The first-order valence-corrected chi connectivity index (χ1v) is 16.9. The highest BCUT2D eigenvalue weighted by atomic mass is 35.5. The van der Waals surface area contributed by atoms with Gasteiger partial charge in [-0.3, -0.25) is 0 Å². The molecule has 0 atom stereocenters. The SMILES string of the molecule is CC1(C)CCC(C)(C)c2cc(-c3ccc(-c4ccc5c(c4)C(c4ccccc4)(c4ccccc4)c4cc(Cl)ccc4-5)cc3)ccc21. The Hall–Kier alpha value is -4.39. The van der Waals surface area contributed by atoms with Gasteiger partial charge in [-0.15, -0.1) is 0 Å². The smallest absolute Gasteiger partial charge is 0.0714 e. The Labute approximate surface area is 278 Å². The van der Waals surface area contributed by atoms with Crippen LogP contribution < -0.4 is 0 Å². The van der Waals surface area contributed by atoms with Crippen molar-refractivity contribution in [2.75, 3.05) is 0 Å². The van der Waals surface area contributed by atoms with E-state index in [1.807, 2.05) is 6.07 Å². The summed E-state index contributed by atoms with van der Waals surface area (Å²) in [5.74, 6) is 0. The van der Waals surface area contributed by atoms with Crippen LogP contribution in [-0.4, -0.2) is 0 Å². The predicted octanol–water partition coefficient (Wildman–Crippen LogP) is 12.4. The average Bonchev–Trinajstić information content (AvgIpc) is 3.37. The summed E-state index contributed by atoms with van der Waals surface area (Å²) in [7, 11) is 0. The highest BCUT2D eigenvalue weighted by Crippen LogP contribution is 2.57. The van der Waals surface area contributed by atoms with E-state index in [4.69, 9.17) is 11.6 Å². The van der Waals surface area contributed by atoms with E-state index in [0.29, 0.717) is 0 Å². The number of benzene rings is 6. The third-order valence-electron chi connectivity index (χ3n) is 10.9. The summed E-state index contributed by atoms with van der Waals surface area (Å²) in [6, 6.07) is 51.5. The molecule has 0 saturated carbocycles. The molecule has 6 aromatic carbocycles. The Morgan fingerprint density at radius 1 is 0.413 bits per heavy atom. The normalized spacial score (nSPS) is 16.7. The summed E-state index contributed by atoms with van der Waals surface area (Å²) in [5.41, 5.74) is 15.5. The maximum atomic E-state index is 6.73. The fourth-order valence-electron chi connectivity index (χ4n) is 8.26. The van der Waals surface area contributed by atoms with Crippen LogP contribution in [-0.2, 0) is 16.2 Å². The van der Waals surface area contributed by atoms with Gasteiger partial charge in [-0.1, -0.05) is 161 Å². The Morgan fingerprint density at radius 3 is 1.41 bits per heavy atom. The minimum absolute atomic E-state index is 0.191. The summed E-state index contributed by atoms with van der Waals surface area (Å²) in [4.78, 5) is 0. The van der Waals surface area contributed by atoms with Crippen molar-refractivity contribution in [3.05, 3.63) is 178 Å². The molecule has 0 nitrogen and oxygen atoms in total. The molecular formula is C45H39Cl. The molecule has 0 heterocycles. The lowest BCUT2D eigenvalue weighted by molar-refractivity contribution is 0.332. The Bertz CT molecular complexity index is 2040. The monoisotopic (exact) mass is 614 g/mol. The molecular weight excluding hydrogens is 576 g/mol. The third-order valence-corrected chi connectivity index (χ3v) is 11.2. The third kappa shape index (κ3) is 4.42. The van der Waals surface area contributed by atoms with Gasteiger partial charge in [-0.05, 0) is 109 Å². The summed E-state index contributed by atoms with van der Waals surface area (Å²) in [6.07, 6.45) is 2.45. The van der Waals surface area contributed by atoms with Gasteiger partial charge in [0, 0.05) is 5.02 Å². The topological polar surface area (TPSA) is 0 Å². The van der Waals surface area contributed by atoms with Crippen molar-refractivity contribution in [2.24, 2.45) is 0 Å². The highest BCUT2D eigenvalue weighted by Gasteiger charge is 2.46. The zero-order chi connectivity index (χ0) is 31.7. The molecule has 0 aliphatic heterocycles. The lowest BCUT2D eigenvalue weighted by Gasteiger charge is -2.42. The molecule has 0 spiro atoms. The van der Waals surface area contributed by atoms with Gasteiger partial charge in [-0.25, -0.2) is 0 Å². The lowest BCUT2D eigenvalue weighted by Crippen LogP contribution is -2.33. The van der Waals surface area contributed by atoms with Gasteiger partial charge >= 0.3 is 0 Å².